The lowest BCUT2D eigenvalue weighted by Crippen LogP contribution is -2.37. The summed E-state index contributed by atoms with van der Waals surface area (Å²) >= 11 is 1.73. The molecule has 3 nitrogen and oxygen atoms in total. The zero-order chi connectivity index (χ0) is 10.6. The molecule has 0 atom stereocenters. The highest BCUT2D eigenvalue weighted by Gasteiger charge is 2.09. The predicted molar refractivity (Wildman–Crippen MR) is 59.7 cm³/mol. The van der Waals surface area contributed by atoms with Crippen molar-refractivity contribution < 1.29 is 4.79 Å². The maximum atomic E-state index is 11.5. The van der Waals surface area contributed by atoms with Crippen LogP contribution in [-0.4, -0.2) is 43.5 Å². The van der Waals surface area contributed by atoms with Crippen LogP contribution in [0.2, 0.25) is 0 Å². The van der Waals surface area contributed by atoms with Crippen LogP contribution in [0.15, 0.2) is 17.5 Å². The van der Waals surface area contributed by atoms with Crippen LogP contribution in [0.1, 0.15) is 4.88 Å². The van der Waals surface area contributed by atoms with E-state index in [1.165, 1.54) is 4.88 Å². The van der Waals surface area contributed by atoms with Gasteiger partial charge >= 0.3 is 6.03 Å². The number of hydrogen-bond donors (Lipinski definition) is 0. The molecule has 14 heavy (non-hydrogen) atoms. The van der Waals surface area contributed by atoms with Gasteiger partial charge in [-0.3, -0.25) is 0 Å². The molecule has 0 saturated carbocycles. The monoisotopic (exact) mass is 212 g/mol. The summed E-state index contributed by atoms with van der Waals surface area (Å²) < 4.78 is 0. The standard InChI is InChI=1S/C10H16N2OS/c1-11(2)10(13)12(3)7-6-9-5-4-8-14-9/h4-5,8H,6-7H2,1-3H3. The van der Waals surface area contributed by atoms with Crippen LogP contribution in [0, 0.1) is 0 Å². The molecule has 0 aromatic carbocycles. The van der Waals surface area contributed by atoms with Crippen molar-refractivity contribution in [2.75, 3.05) is 27.7 Å². The average Bonchev–Trinajstić information content (AvgIpc) is 2.65. The van der Waals surface area contributed by atoms with Crippen molar-refractivity contribution in [3.8, 4) is 0 Å². The molecule has 1 rings (SSSR count). The van der Waals surface area contributed by atoms with E-state index in [1.54, 1.807) is 35.2 Å². The third-order valence-electron chi connectivity index (χ3n) is 1.98. The van der Waals surface area contributed by atoms with Crippen LogP contribution in [0.5, 0.6) is 0 Å². The Labute approximate surface area is 88.9 Å². The molecule has 0 saturated heterocycles. The lowest BCUT2D eigenvalue weighted by atomic mass is 10.3. The van der Waals surface area contributed by atoms with Gasteiger partial charge in [-0.25, -0.2) is 4.79 Å². The number of hydrogen-bond acceptors (Lipinski definition) is 2. The molecule has 0 N–H and O–H groups in total. The molecule has 1 aromatic rings. The number of urea groups is 1. The van der Waals surface area contributed by atoms with E-state index < -0.39 is 0 Å². The van der Waals surface area contributed by atoms with Crippen LogP contribution in [0.3, 0.4) is 0 Å². The Bertz CT molecular complexity index is 282. The topological polar surface area (TPSA) is 23.6 Å². The molecule has 0 aliphatic carbocycles. The molecule has 0 radical (unpaired) electrons. The van der Waals surface area contributed by atoms with Crippen molar-refractivity contribution >= 4 is 17.4 Å². The van der Waals surface area contributed by atoms with Gasteiger partial charge < -0.3 is 9.80 Å². The van der Waals surface area contributed by atoms with Gasteiger partial charge in [-0.05, 0) is 17.9 Å². The highest BCUT2D eigenvalue weighted by molar-refractivity contribution is 7.09. The Hall–Kier alpha value is -1.03. The number of likely N-dealkylation sites (N-methyl/N-ethyl adjacent to an activating group) is 1. The first-order valence-corrected chi connectivity index (χ1v) is 5.44. The molecule has 4 heteroatoms. The number of amides is 2. The quantitative estimate of drug-likeness (QED) is 0.750. The molecule has 1 heterocycles. The SMILES string of the molecule is CN(C)C(=O)N(C)CCc1cccs1. The fourth-order valence-corrected chi connectivity index (χ4v) is 1.87. The lowest BCUT2D eigenvalue weighted by molar-refractivity contribution is 0.182. The van der Waals surface area contributed by atoms with Crippen molar-refractivity contribution in [3.63, 3.8) is 0 Å². The van der Waals surface area contributed by atoms with Gasteiger partial charge in [-0.2, -0.15) is 0 Å². The number of carbonyl (C=O) groups is 1. The van der Waals surface area contributed by atoms with Gasteiger partial charge in [-0.1, -0.05) is 6.07 Å². The second kappa shape index (κ2) is 5.00. The summed E-state index contributed by atoms with van der Waals surface area (Å²) in [5.41, 5.74) is 0. The van der Waals surface area contributed by atoms with E-state index in [-0.39, 0.29) is 6.03 Å². The molecule has 0 spiro atoms. The Kier molecular flexibility index (Phi) is 3.95. The van der Waals surface area contributed by atoms with Gasteiger partial charge in [0.05, 0.1) is 0 Å². The smallest absolute Gasteiger partial charge is 0.319 e. The third kappa shape index (κ3) is 3.03. The largest absolute Gasteiger partial charge is 0.331 e. The van der Waals surface area contributed by atoms with E-state index in [0.717, 1.165) is 13.0 Å². The summed E-state index contributed by atoms with van der Waals surface area (Å²) in [6.45, 7) is 0.775. The molecule has 0 aliphatic rings. The first-order chi connectivity index (χ1) is 6.61. The fourth-order valence-electron chi connectivity index (χ4n) is 1.17. The van der Waals surface area contributed by atoms with E-state index in [4.69, 9.17) is 0 Å². The normalized spacial score (nSPS) is 9.93. The van der Waals surface area contributed by atoms with Crippen LogP contribution in [0.25, 0.3) is 0 Å². The maximum absolute atomic E-state index is 11.5. The van der Waals surface area contributed by atoms with Crippen LogP contribution >= 0.6 is 11.3 Å². The van der Waals surface area contributed by atoms with Crippen LogP contribution in [-0.2, 0) is 6.42 Å². The van der Waals surface area contributed by atoms with Crippen molar-refractivity contribution in [2.45, 2.75) is 6.42 Å². The maximum Gasteiger partial charge on any atom is 0.319 e. The summed E-state index contributed by atoms with van der Waals surface area (Å²) in [5, 5.41) is 2.06. The predicted octanol–water partition coefficient (Wildman–Crippen LogP) is 1.90. The van der Waals surface area contributed by atoms with Gasteiger partial charge in [0.25, 0.3) is 0 Å². The van der Waals surface area contributed by atoms with Crippen molar-refractivity contribution in [1.82, 2.24) is 9.80 Å². The Morgan fingerprint density at radius 2 is 2.14 bits per heavy atom. The van der Waals surface area contributed by atoms with Crippen molar-refractivity contribution in [1.29, 1.82) is 0 Å². The molecule has 0 aliphatic heterocycles. The van der Waals surface area contributed by atoms with E-state index in [1.807, 2.05) is 13.1 Å². The fraction of sp³-hybridized carbons (Fsp3) is 0.500. The summed E-state index contributed by atoms with van der Waals surface area (Å²) in [7, 11) is 5.36. The minimum absolute atomic E-state index is 0.0570. The van der Waals surface area contributed by atoms with Gasteiger partial charge in [-0.15, -0.1) is 11.3 Å². The molecular formula is C10H16N2OS. The highest BCUT2D eigenvalue weighted by atomic mass is 32.1. The Morgan fingerprint density at radius 3 is 2.64 bits per heavy atom. The number of thiophene rings is 1. The average molecular weight is 212 g/mol. The van der Waals surface area contributed by atoms with Gasteiger partial charge in [0, 0.05) is 32.6 Å². The molecule has 0 bridgehead atoms. The van der Waals surface area contributed by atoms with Crippen molar-refractivity contribution in [3.05, 3.63) is 22.4 Å². The molecule has 0 unspecified atom stereocenters. The van der Waals surface area contributed by atoms with E-state index in [0.29, 0.717) is 0 Å². The first kappa shape index (κ1) is 11.0. The van der Waals surface area contributed by atoms with E-state index >= 15 is 0 Å². The third-order valence-corrected chi connectivity index (χ3v) is 2.92. The van der Waals surface area contributed by atoms with Crippen molar-refractivity contribution in [2.24, 2.45) is 0 Å². The van der Waals surface area contributed by atoms with Gasteiger partial charge in [0.15, 0.2) is 0 Å². The number of nitrogens with zero attached hydrogens (tertiary/aromatic N) is 2. The summed E-state index contributed by atoms with van der Waals surface area (Å²) in [5.74, 6) is 0. The van der Waals surface area contributed by atoms with E-state index in [9.17, 15) is 4.79 Å². The molecule has 1 aromatic heterocycles. The van der Waals surface area contributed by atoms with Crippen LogP contribution < -0.4 is 0 Å². The zero-order valence-electron chi connectivity index (χ0n) is 8.86. The second-order valence-electron chi connectivity index (χ2n) is 3.43. The summed E-state index contributed by atoms with van der Waals surface area (Å²) in [6, 6.07) is 4.19. The minimum atomic E-state index is 0.0570. The van der Waals surface area contributed by atoms with Gasteiger partial charge in [0.1, 0.15) is 0 Å². The summed E-state index contributed by atoms with van der Waals surface area (Å²) in [6.07, 6.45) is 0.938. The zero-order valence-corrected chi connectivity index (χ0v) is 9.67. The highest BCUT2D eigenvalue weighted by Crippen LogP contribution is 2.09. The number of carbonyl (C=O) groups excluding carboxylic acids is 1. The summed E-state index contributed by atoms with van der Waals surface area (Å²) in [4.78, 5) is 16.1. The molecule has 2 amide bonds. The molecule has 0 fully saturated rings. The van der Waals surface area contributed by atoms with Gasteiger partial charge in [0.2, 0.25) is 0 Å². The second-order valence-corrected chi connectivity index (χ2v) is 4.46. The number of rotatable bonds is 3. The first-order valence-electron chi connectivity index (χ1n) is 4.56. The Balaban J connectivity index is 2.35. The minimum Gasteiger partial charge on any atom is -0.331 e. The van der Waals surface area contributed by atoms with Crippen LogP contribution in [0.4, 0.5) is 4.79 Å². The molecule has 78 valence electrons. The molecular weight excluding hydrogens is 196 g/mol. The van der Waals surface area contributed by atoms with E-state index in [2.05, 4.69) is 11.4 Å². The lowest BCUT2D eigenvalue weighted by Gasteiger charge is -2.21. The Morgan fingerprint density at radius 1 is 1.43 bits per heavy atom.